The number of nitrogens with two attached hydrogens (primary N) is 1. The molecule has 38 heavy (non-hydrogen) atoms. The van der Waals surface area contributed by atoms with E-state index < -0.39 is 0 Å². The number of benzene rings is 2. The number of aromatic hydroxyl groups is 1. The first-order valence-corrected chi connectivity index (χ1v) is 12.6. The highest BCUT2D eigenvalue weighted by atomic mass is 16.5. The molecule has 2 aliphatic rings. The fraction of sp³-hybridized carbons (Fsp3) is 0.241. The summed E-state index contributed by atoms with van der Waals surface area (Å²) < 4.78 is 7.44. The number of ether oxygens (including phenoxy) is 1. The summed E-state index contributed by atoms with van der Waals surface area (Å²) in [5.41, 5.74) is 10.4. The van der Waals surface area contributed by atoms with Crippen LogP contribution in [-0.2, 0) is 11.2 Å². The van der Waals surface area contributed by atoms with E-state index in [-0.39, 0.29) is 30.2 Å². The van der Waals surface area contributed by atoms with Crippen molar-refractivity contribution in [2.24, 2.45) is 11.8 Å². The summed E-state index contributed by atoms with van der Waals surface area (Å²) in [6.45, 7) is 8.25. The number of hydrogen-bond acceptors (Lipinski definition) is 7. The van der Waals surface area contributed by atoms with Crippen molar-refractivity contribution >= 4 is 28.4 Å². The van der Waals surface area contributed by atoms with Crippen molar-refractivity contribution in [1.29, 1.82) is 0 Å². The number of hydrogen-bond donors (Lipinski definition) is 2. The Balaban J connectivity index is 1.34. The van der Waals surface area contributed by atoms with Gasteiger partial charge in [-0.15, -0.1) is 0 Å². The second-order valence-electron chi connectivity index (χ2n) is 9.75. The van der Waals surface area contributed by atoms with Crippen LogP contribution in [0, 0.1) is 11.8 Å². The Morgan fingerprint density at radius 2 is 2.05 bits per heavy atom. The fourth-order valence-electron chi connectivity index (χ4n) is 5.58. The number of amides is 1. The van der Waals surface area contributed by atoms with Crippen LogP contribution in [0.5, 0.6) is 11.5 Å². The van der Waals surface area contributed by atoms with E-state index in [1.54, 1.807) is 18.2 Å². The van der Waals surface area contributed by atoms with Crippen LogP contribution in [0.2, 0.25) is 0 Å². The molecule has 1 amide bonds. The molecule has 3 N–H and O–H groups in total. The minimum Gasteiger partial charge on any atom is -0.504 e. The molecule has 9 heteroatoms. The maximum Gasteiger partial charge on any atom is 0.250 e. The number of para-hydroxylation sites is 1. The fourth-order valence-corrected chi connectivity index (χ4v) is 5.58. The first-order valence-electron chi connectivity index (χ1n) is 12.6. The zero-order chi connectivity index (χ0) is 26.4. The molecule has 0 radical (unpaired) electrons. The van der Waals surface area contributed by atoms with Crippen molar-refractivity contribution in [2.45, 2.75) is 18.9 Å². The first-order chi connectivity index (χ1) is 18.5. The largest absolute Gasteiger partial charge is 0.504 e. The average Bonchev–Trinajstić information content (AvgIpc) is 3.64. The molecule has 0 saturated heterocycles. The number of carbonyl (C=O) groups excluding carboxylic acids is 1. The third-order valence-corrected chi connectivity index (χ3v) is 7.45. The van der Waals surface area contributed by atoms with Crippen LogP contribution >= 0.6 is 0 Å². The number of nitrogen functional groups attached to an aromatic ring is 1. The third kappa shape index (κ3) is 3.96. The molecule has 9 nitrogen and oxygen atoms in total. The Morgan fingerprint density at radius 1 is 1.21 bits per heavy atom. The smallest absolute Gasteiger partial charge is 0.250 e. The number of nitrogens with zero attached hydrogens (tertiary/aromatic N) is 5. The van der Waals surface area contributed by atoms with Gasteiger partial charge in [-0.3, -0.25) is 4.79 Å². The molecule has 3 atom stereocenters. The van der Waals surface area contributed by atoms with Crippen molar-refractivity contribution in [1.82, 2.24) is 19.7 Å². The summed E-state index contributed by atoms with van der Waals surface area (Å²) in [4.78, 5) is 23.2. The van der Waals surface area contributed by atoms with E-state index in [4.69, 9.17) is 15.6 Å². The molecule has 1 saturated carbocycles. The maximum atomic E-state index is 12.7. The molecular formula is C29H28N6O3. The molecule has 4 aromatic rings. The van der Waals surface area contributed by atoms with Crippen molar-refractivity contribution < 1.29 is 14.6 Å². The summed E-state index contributed by atoms with van der Waals surface area (Å²) >= 11 is 0. The van der Waals surface area contributed by atoms with E-state index in [0.717, 1.165) is 24.1 Å². The highest BCUT2D eigenvalue weighted by Gasteiger charge is 2.48. The van der Waals surface area contributed by atoms with Crippen LogP contribution in [0.1, 0.15) is 18.0 Å². The lowest BCUT2D eigenvalue weighted by atomic mass is 9.88. The molecule has 1 aliphatic heterocycles. The Bertz CT molecular complexity index is 1580. The molecule has 3 unspecified atom stereocenters. The molecule has 1 fully saturated rings. The minimum absolute atomic E-state index is 0.000354. The van der Waals surface area contributed by atoms with Gasteiger partial charge in [-0.2, -0.15) is 5.10 Å². The van der Waals surface area contributed by atoms with Crippen LogP contribution in [-0.4, -0.2) is 43.9 Å². The van der Waals surface area contributed by atoms with Crippen molar-refractivity contribution in [3.8, 4) is 22.8 Å². The third-order valence-electron chi connectivity index (χ3n) is 7.45. The van der Waals surface area contributed by atoms with Crippen LogP contribution in [0.25, 0.3) is 22.3 Å². The SMILES string of the molecule is C=CCOc1ccc(-c2nn(C3CC3C3Cc4ccccc4N(C(=O)C=C)C3)c3ncnc(N)c23)cc1O. The van der Waals surface area contributed by atoms with E-state index in [1.807, 2.05) is 33.8 Å². The monoisotopic (exact) mass is 508 g/mol. The van der Waals surface area contributed by atoms with Crippen molar-refractivity contribution in [2.75, 3.05) is 23.8 Å². The second-order valence-corrected chi connectivity index (χ2v) is 9.75. The second kappa shape index (κ2) is 9.33. The van der Waals surface area contributed by atoms with Crippen LogP contribution < -0.4 is 15.4 Å². The quantitative estimate of drug-likeness (QED) is 0.282. The van der Waals surface area contributed by atoms with Crippen molar-refractivity contribution in [3.63, 3.8) is 0 Å². The average molecular weight is 509 g/mol. The van der Waals surface area contributed by atoms with Gasteiger partial charge in [0, 0.05) is 17.8 Å². The molecule has 2 aromatic heterocycles. The lowest BCUT2D eigenvalue weighted by Gasteiger charge is -2.34. The van der Waals surface area contributed by atoms with Gasteiger partial charge in [0.25, 0.3) is 0 Å². The lowest BCUT2D eigenvalue weighted by Crippen LogP contribution is -2.40. The van der Waals surface area contributed by atoms with Gasteiger partial charge in [0.15, 0.2) is 17.1 Å². The van der Waals surface area contributed by atoms with Gasteiger partial charge in [0.05, 0.1) is 11.4 Å². The predicted molar refractivity (Wildman–Crippen MR) is 146 cm³/mol. The van der Waals surface area contributed by atoms with Gasteiger partial charge in [0.2, 0.25) is 5.91 Å². The highest BCUT2D eigenvalue weighted by Crippen LogP contribution is 2.52. The van der Waals surface area contributed by atoms with Crippen molar-refractivity contribution in [3.05, 3.63) is 79.7 Å². The van der Waals surface area contributed by atoms with E-state index in [0.29, 0.717) is 46.3 Å². The number of phenols is 1. The normalized spacial score (nSPS) is 20.1. The topological polar surface area (TPSA) is 119 Å². The molecule has 2 aromatic carbocycles. The number of anilines is 2. The molecule has 1 aliphatic carbocycles. The number of phenolic OH excluding ortho intramolecular Hbond substituents is 1. The zero-order valence-electron chi connectivity index (χ0n) is 20.8. The summed E-state index contributed by atoms with van der Waals surface area (Å²) in [7, 11) is 0. The van der Waals surface area contributed by atoms with Gasteiger partial charge in [-0.1, -0.05) is 37.4 Å². The van der Waals surface area contributed by atoms with Gasteiger partial charge >= 0.3 is 0 Å². The van der Waals surface area contributed by atoms with Gasteiger partial charge in [-0.25, -0.2) is 14.6 Å². The van der Waals surface area contributed by atoms with Gasteiger partial charge < -0.3 is 20.5 Å². The molecule has 0 spiro atoms. The molecule has 6 rings (SSSR count). The Morgan fingerprint density at radius 3 is 2.84 bits per heavy atom. The molecule has 0 bridgehead atoms. The van der Waals surface area contributed by atoms with Crippen LogP contribution in [0.4, 0.5) is 11.5 Å². The van der Waals surface area contributed by atoms with Gasteiger partial charge in [0.1, 0.15) is 24.4 Å². The highest BCUT2D eigenvalue weighted by molar-refractivity contribution is 6.02. The summed E-state index contributed by atoms with van der Waals surface area (Å²) in [5.74, 6) is 1.19. The number of rotatable bonds is 7. The van der Waals surface area contributed by atoms with E-state index in [9.17, 15) is 9.90 Å². The summed E-state index contributed by atoms with van der Waals surface area (Å²) in [6.07, 6.45) is 6.25. The minimum atomic E-state index is -0.0907. The molecule has 3 heterocycles. The molecule has 192 valence electrons. The van der Waals surface area contributed by atoms with E-state index >= 15 is 0 Å². The first kappa shape index (κ1) is 23.7. The number of carbonyl (C=O) groups is 1. The number of aromatic nitrogens is 4. The zero-order valence-corrected chi connectivity index (χ0v) is 20.8. The predicted octanol–water partition coefficient (Wildman–Crippen LogP) is 4.30. The molecular weight excluding hydrogens is 480 g/mol. The van der Waals surface area contributed by atoms with Crippen LogP contribution in [0.3, 0.4) is 0 Å². The van der Waals surface area contributed by atoms with Crippen LogP contribution in [0.15, 0.2) is 74.1 Å². The maximum absolute atomic E-state index is 12.7. The Hall–Kier alpha value is -4.66. The Labute approximate surface area is 219 Å². The Kier molecular flexibility index (Phi) is 5.83. The van der Waals surface area contributed by atoms with E-state index in [1.165, 1.54) is 12.4 Å². The number of fused-ring (bicyclic) bond motifs is 2. The van der Waals surface area contributed by atoms with Gasteiger partial charge in [-0.05, 0) is 60.6 Å². The van der Waals surface area contributed by atoms with E-state index in [2.05, 4.69) is 29.2 Å². The summed E-state index contributed by atoms with van der Waals surface area (Å²) in [6, 6.07) is 13.3. The lowest BCUT2D eigenvalue weighted by molar-refractivity contribution is -0.114. The summed E-state index contributed by atoms with van der Waals surface area (Å²) in [5, 5.41) is 16.1. The standard InChI is InChI=1S/C29H28N6O3/c1-3-11-38-24-10-9-18(13-23(24)36)27-26-28(30)31-16-32-29(26)35(33-27)22-14-20(22)19-12-17-7-5-6-8-21(17)34(15-19)25(37)4-2/h3-10,13,16,19-20,22,36H,1-2,11-12,14-15H2,(H2,30,31,32).